The molecule has 0 N–H and O–H groups in total. The highest BCUT2D eigenvalue weighted by atomic mass is 16.5. The molecule has 1 aliphatic rings. The van der Waals surface area contributed by atoms with Crippen LogP contribution in [0.5, 0.6) is 5.75 Å². The molecule has 0 spiro atoms. The molecule has 2 heterocycles. The van der Waals surface area contributed by atoms with Crippen molar-refractivity contribution in [2.75, 3.05) is 37.7 Å². The van der Waals surface area contributed by atoms with Crippen LogP contribution in [0.4, 0.5) is 5.69 Å². The van der Waals surface area contributed by atoms with E-state index in [4.69, 9.17) is 9.15 Å². The Morgan fingerprint density at radius 3 is 2.59 bits per heavy atom. The van der Waals surface area contributed by atoms with Crippen LogP contribution in [0.15, 0.2) is 57.7 Å². The first kappa shape index (κ1) is 19.1. The van der Waals surface area contributed by atoms with Crippen LogP contribution in [0.1, 0.15) is 11.1 Å². The van der Waals surface area contributed by atoms with E-state index in [0.29, 0.717) is 24.4 Å². The summed E-state index contributed by atoms with van der Waals surface area (Å²) in [6.45, 7) is 6.85. The van der Waals surface area contributed by atoms with Crippen molar-refractivity contribution in [3.8, 4) is 5.75 Å². The number of piperazine rings is 1. The van der Waals surface area contributed by atoms with Crippen molar-refractivity contribution in [3.05, 3.63) is 70.1 Å². The highest BCUT2D eigenvalue weighted by Crippen LogP contribution is 2.22. The van der Waals surface area contributed by atoms with Gasteiger partial charge in [0.15, 0.2) is 6.61 Å². The molecule has 6 heteroatoms. The Kier molecular flexibility index (Phi) is 5.25. The molecule has 1 aliphatic heterocycles. The number of carbonyl (C=O) groups excluding carboxylic acids is 1. The van der Waals surface area contributed by atoms with E-state index in [1.165, 1.54) is 17.3 Å². The summed E-state index contributed by atoms with van der Waals surface area (Å²) in [4.78, 5) is 28.2. The molecule has 2 aromatic carbocycles. The van der Waals surface area contributed by atoms with Gasteiger partial charge in [0.2, 0.25) is 0 Å². The number of nitrogens with zero attached hydrogens (tertiary/aromatic N) is 2. The first-order valence-corrected chi connectivity index (χ1v) is 9.76. The first-order chi connectivity index (χ1) is 14.0. The van der Waals surface area contributed by atoms with E-state index in [9.17, 15) is 9.59 Å². The number of benzene rings is 2. The van der Waals surface area contributed by atoms with Crippen LogP contribution in [-0.2, 0) is 4.79 Å². The third kappa shape index (κ3) is 4.26. The average molecular weight is 392 g/mol. The molecule has 3 aromatic rings. The molecule has 1 fully saturated rings. The predicted molar refractivity (Wildman–Crippen MR) is 113 cm³/mol. The lowest BCUT2D eigenvalue weighted by atomic mass is 10.1. The number of anilines is 1. The average Bonchev–Trinajstić information content (AvgIpc) is 2.71. The summed E-state index contributed by atoms with van der Waals surface area (Å²) in [7, 11) is 0. The summed E-state index contributed by atoms with van der Waals surface area (Å²) < 4.78 is 10.9. The Morgan fingerprint density at radius 1 is 1.03 bits per heavy atom. The van der Waals surface area contributed by atoms with Crippen LogP contribution in [0.3, 0.4) is 0 Å². The predicted octanol–water partition coefficient (Wildman–Crippen LogP) is 3.14. The van der Waals surface area contributed by atoms with Gasteiger partial charge >= 0.3 is 5.63 Å². The van der Waals surface area contributed by atoms with Crippen molar-refractivity contribution in [2.45, 2.75) is 13.8 Å². The van der Waals surface area contributed by atoms with E-state index in [2.05, 4.69) is 36.1 Å². The van der Waals surface area contributed by atoms with Crippen molar-refractivity contribution < 1.29 is 13.9 Å². The number of fused-ring (bicyclic) bond motifs is 1. The van der Waals surface area contributed by atoms with Crippen LogP contribution in [0.25, 0.3) is 11.0 Å². The second kappa shape index (κ2) is 7.99. The molecule has 0 atom stereocenters. The Labute approximate surface area is 169 Å². The minimum absolute atomic E-state index is 0.0357. The second-order valence-corrected chi connectivity index (χ2v) is 7.40. The van der Waals surface area contributed by atoms with Crippen LogP contribution < -0.4 is 15.3 Å². The third-order valence-electron chi connectivity index (χ3n) is 5.28. The molecule has 6 nitrogen and oxygen atoms in total. The summed E-state index contributed by atoms with van der Waals surface area (Å²) in [5, 5.41) is 0.857. The molecule has 0 bridgehead atoms. The minimum atomic E-state index is -0.394. The standard InChI is InChI=1S/C23H24N2O4/c1-16-4-3-5-18(12-16)24-8-10-25(11-9-24)22(26)15-28-19-6-7-20-17(2)13-23(27)29-21(20)14-19/h3-7,12-14H,8-11,15H2,1-2H3. The molecule has 1 amide bonds. The van der Waals surface area contributed by atoms with E-state index < -0.39 is 5.63 Å². The molecule has 4 rings (SSSR count). The van der Waals surface area contributed by atoms with Crippen molar-refractivity contribution in [1.29, 1.82) is 0 Å². The zero-order chi connectivity index (χ0) is 20.4. The maximum Gasteiger partial charge on any atom is 0.336 e. The minimum Gasteiger partial charge on any atom is -0.484 e. The van der Waals surface area contributed by atoms with Crippen molar-refractivity contribution in [3.63, 3.8) is 0 Å². The van der Waals surface area contributed by atoms with Gasteiger partial charge in [0.1, 0.15) is 11.3 Å². The number of hydrogen-bond donors (Lipinski definition) is 0. The zero-order valence-electron chi connectivity index (χ0n) is 16.7. The van der Waals surface area contributed by atoms with Crippen LogP contribution in [0, 0.1) is 13.8 Å². The van der Waals surface area contributed by atoms with E-state index in [0.717, 1.165) is 24.0 Å². The highest BCUT2D eigenvalue weighted by molar-refractivity contribution is 5.82. The largest absolute Gasteiger partial charge is 0.484 e. The van der Waals surface area contributed by atoms with Gasteiger partial charge in [0.05, 0.1) is 0 Å². The van der Waals surface area contributed by atoms with Gasteiger partial charge in [-0.3, -0.25) is 4.79 Å². The third-order valence-corrected chi connectivity index (χ3v) is 5.28. The Bertz CT molecular complexity index is 1100. The highest BCUT2D eigenvalue weighted by Gasteiger charge is 2.21. The van der Waals surface area contributed by atoms with Crippen molar-refractivity contribution in [2.24, 2.45) is 0 Å². The smallest absolute Gasteiger partial charge is 0.336 e. The molecule has 0 saturated carbocycles. The fourth-order valence-electron chi connectivity index (χ4n) is 3.67. The SMILES string of the molecule is Cc1cccc(N2CCN(C(=O)COc3ccc4c(C)cc(=O)oc4c3)CC2)c1. The number of carbonyl (C=O) groups is 1. The van der Waals surface area contributed by atoms with Gasteiger partial charge in [-0.2, -0.15) is 0 Å². The molecular formula is C23H24N2O4. The number of hydrogen-bond acceptors (Lipinski definition) is 5. The quantitative estimate of drug-likeness (QED) is 0.639. The lowest BCUT2D eigenvalue weighted by Crippen LogP contribution is -2.50. The lowest BCUT2D eigenvalue weighted by Gasteiger charge is -2.36. The number of aryl methyl sites for hydroxylation is 2. The van der Waals surface area contributed by atoms with Crippen molar-refractivity contribution >= 4 is 22.6 Å². The summed E-state index contributed by atoms with van der Waals surface area (Å²) in [5.74, 6) is 0.470. The van der Waals surface area contributed by atoms with Gasteiger partial charge in [-0.25, -0.2) is 4.79 Å². The molecule has 0 radical (unpaired) electrons. The molecule has 150 valence electrons. The van der Waals surface area contributed by atoms with E-state index in [-0.39, 0.29) is 12.5 Å². The second-order valence-electron chi connectivity index (χ2n) is 7.40. The van der Waals surface area contributed by atoms with Gasteiger partial charge in [0, 0.05) is 49.4 Å². The van der Waals surface area contributed by atoms with Gasteiger partial charge in [0.25, 0.3) is 5.91 Å². The molecule has 29 heavy (non-hydrogen) atoms. The van der Waals surface area contributed by atoms with Crippen LogP contribution >= 0.6 is 0 Å². The summed E-state index contributed by atoms with van der Waals surface area (Å²) in [6.07, 6.45) is 0. The fraction of sp³-hybridized carbons (Fsp3) is 0.304. The van der Waals surface area contributed by atoms with Gasteiger partial charge in [-0.15, -0.1) is 0 Å². The molecule has 0 aliphatic carbocycles. The molecule has 0 unspecified atom stereocenters. The Hall–Kier alpha value is -3.28. The fourth-order valence-corrected chi connectivity index (χ4v) is 3.67. The molecule has 1 saturated heterocycles. The lowest BCUT2D eigenvalue weighted by molar-refractivity contribution is -0.133. The van der Waals surface area contributed by atoms with Crippen LogP contribution in [0.2, 0.25) is 0 Å². The first-order valence-electron chi connectivity index (χ1n) is 9.76. The Morgan fingerprint density at radius 2 is 1.83 bits per heavy atom. The van der Waals surface area contributed by atoms with Gasteiger partial charge < -0.3 is 19.0 Å². The zero-order valence-corrected chi connectivity index (χ0v) is 16.7. The maximum absolute atomic E-state index is 12.5. The summed E-state index contributed by atoms with van der Waals surface area (Å²) >= 11 is 0. The summed E-state index contributed by atoms with van der Waals surface area (Å²) in [6, 6.07) is 15.2. The number of rotatable bonds is 4. The molecular weight excluding hydrogens is 368 g/mol. The topological polar surface area (TPSA) is 63.0 Å². The Balaban J connectivity index is 1.34. The summed E-state index contributed by atoms with van der Waals surface area (Å²) in [5.41, 5.74) is 3.35. The van der Waals surface area contributed by atoms with E-state index in [1.54, 1.807) is 12.1 Å². The van der Waals surface area contributed by atoms with E-state index >= 15 is 0 Å². The molecule has 1 aromatic heterocycles. The number of amides is 1. The van der Waals surface area contributed by atoms with Crippen LogP contribution in [-0.4, -0.2) is 43.6 Å². The van der Waals surface area contributed by atoms with Gasteiger partial charge in [-0.05, 0) is 49.2 Å². The maximum atomic E-state index is 12.5. The monoisotopic (exact) mass is 392 g/mol. The normalized spacial score (nSPS) is 14.3. The van der Waals surface area contributed by atoms with Crippen molar-refractivity contribution in [1.82, 2.24) is 4.90 Å². The van der Waals surface area contributed by atoms with E-state index in [1.807, 2.05) is 17.9 Å². The van der Waals surface area contributed by atoms with Gasteiger partial charge in [-0.1, -0.05) is 12.1 Å². The number of ether oxygens (including phenoxy) is 1.